The minimum Gasteiger partial charge on any atom is -0.478 e. The molecule has 2 N–H and O–H groups in total. The van der Waals surface area contributed by atoms with Crippen LogP contribution in [0.2, 0.25) is 5.02 Å². The quantitative estimate of drug-likeness (QED) is 0.899. The molecule has 1 heterocycles. The van der Waals surface area contributed by atoms with Crippen LogP contribution in [0.25, 0.3) is 0 Å². The monoisotopic (exact) mass is 276 g/mol. The van der Waals surface area contributed by atoms with Crippen LogP contribution >= 0.6 is 11.6 Å². The van der Waals surface area contributed by atoms with Crippen molar-refractivity contribution in [3.63, 3.8) is 0 Å². The first-order valence-electron chi connectivity index (χ1n) is 5.76. The molecule has 0 amide bonds. The predicted octanol–water partition coefficient (Wildman–Crippen LogP) is 3.35. The Balaban J connectivity index is 2.22. The fourth-order valence-corrected chi connectivity index (χ4v) is 1.89. The number of aryl methyl sites for hydroxylation is 1. The van der Waals surface area contributed by atoms with E-state index < -0.39 is 5.97 Å². The molecule has 0 spiro atoms. The predicted molar refractivity (Wildman–Crippen MR) is 74.7 cm³/mol. The third kappa shape index (κ3) is 3.23. The Morgan fingerprint density at radius 2 is 2.05 bits per heavy atom. The summed E-state index contributed by atoms with van der Waals surface area (Å²) in [6.45, 7) is 2.24. The highest BCUT2D eigenvalue weighted by Gasteiger charge is 2.11. The number of benzene rings is 1. The molecule has 0 aliphatic rings. The van der Waals surface area contributed by atoms with Crippen LogP contribution in [0.5, 0.6) is 0 Å². The van der Waals surface area contributed by atoms with Crippen molar-refractivity contribution in [2.24, 2.45) is 0 Å². The summed E-state index contributed by atoms with van der Waals surface area (Å²) in [6, 6.07) is 10.6. The van der Waals surface area contributed by atoms with E-state index in [2.05, 4.69) is 10.3 Å². The number of nitrogens with one attached hydrogen (secondary N) is 1. The molecule has 98 valence electrons. The normalized spacial score (nSPS) is 10.2. The Morgan fingerprint density at radius 1 is 1.32 bits per heavy atom. The van der Waals surface area contributed by atoms with Crippen molar-refractivity contribution >= 4 is 23.4 Å². The summed E-state index contributed by atoms with van der Waals surface area (Å²) in [5, 5.41) is 12.8. The van der Waals surface area contributed by atoms with E-state index in [9.17, 15) is 4.79 Å². The van der Waals surface area contributed by atoms with Crippen LogP contribution in [0.15, 0.2) is 36.4 Å². The van der Waals surface area contributed by atoms with Crippen molar-refractivity contribution in [2.45, 2.75) is 13.5 Å². The van der Waals surface area contributed by atoms with Gasteiger partial charge < -0.3 is 10.4 Å². The average Bonchev–Trinajstić information content (AvgIpc) is 2.37. The maximum atomic E-state index is 11.1. The standard InChI is InChI=1S/C14H13ClN2O2/c1-9-6-7-11(14(18)19)13(17-9)16-8-10-4-2-3-5-12(10)15/h2-7H,8H2,1H3,(H,16,17)(H,18,19). The average molecular weight is 277 g/mol. The molecule has 4 nitrogen and oxygen atoms in total. The fourth-order valence-electron chi connectivity index (χ4n) is 1.68. The number of carbonyl (C=O) groups is 1. The van der Waals surface area contributed by atoms with E-state index in [-0.39, 0.29) is 5.56 Å². The number of hydrogen-bond acceptors (Lipinski definition) is 3. The van der Waals surface area contributed by atoms with Gasteiger partial charge in [0.2, 0.25) is 0 Å². The van der Waals surface area contributed by atoms with Crippen LogP contribution < -0.4 is 5.32 Å². The lowest BCUT2D eigenvalue weighted by Crippen LogP contribution is -2.09. The molecule has 0 fully saturated rings. The van der Waals surface area contributed by atoms with Crippen molar-refractivity contribution in [3.8, 4) is 0 Å². The number of hydrogen-bond donors (Lipinski definition) is 2. The molecular weight excluding hydrogens is 264 g/mol. The van der Waals surface area contributed by atoms with Gasteiger partial charge in [-0.3, -0.25) is 0 Å². The number of nitrogens with zero attached hydrogens (tertiary/aromatic N) is 1. The summed E-state index contributed by atoms with van der Waals surface area (Å²) in [4.78, 5) is 15.3. The molecule has 2 aromatic rings. The molecule has 0 radical (unpaired) electrons. The Kier molecular flexibility index (Phi) is 4.02. The smallest absolute Gasteiger partial charge is 0.339 e. The highest BCUT2D eigenvalue weighted by atomic mass is 35.5. The highest BCUT2D eigenvalue weighted by molar-refractivity contribution is 6.31. The van der Waals surface area contributed by atoms with Crippen LogP contribution in [0.4, 0.5) is 5.82 Å². The molecule has 0 aliphatic carbocycles. The van der Waals surface area contributed by atoms with Gasteiger partial charge in [-0.2, -0.15) is 0 Å². The van der Waals surface area contributed by atoms with Crippen LogP contribution in [0, 0.1) is 6.92 Å². The van der Waals surface area contributed by atoms with Gasteiger partial charge in [-0.15, -0.1) is 0 Å². The minimum atomic E-state index is -1.01. The van der Waals surface area contributed by atoms with E-state index in [1.54, 1.807) is 18.2 Å². The van der Waals surface area contributed by atoms with Gasteiger partial charge in [-0.05, 0) is 30.7 Å². The zero-order valence-corrected chi connectivity index (χ0v) is 11.1. The number of carboxylic acid groups (broad SMARTS) is 1. The number of carboxylic acids is 1. The number of rotatable bonds is 4. The first-order valence-corrected chi connectivity index (χ1v) is 6.14. The zero-order valence-electron chi connectivity index (χ0n) is 10.4. The molecule has 0 bridgehead atoms. The topological polar surface area (TPSA) is 62.2 Å². The van der Waals surface area contributed by atoms with Crippen LogP contribution in [-0.2, 0) is 6.54 Å². The Bertz CT molecular complexity index is 614. The maximum Gasteiger partial charge on any atom is 0.339 e. The van der Waals surface area contributed by atoms with Gasteiger partial charge in [0.15, 0.2) is 0 Å². The maximum absolute atomic E-state index is 11.1. The van der Waals surface area contributed by atoms with Crippen molar-refractivity contribution in [2.75, 3.05) is 5.32 Å². The van der Waals surface area contributed by atoms with E-state index in [0.29, 0.717) is 17.4 Å². The molecule has 1 aromatic carbocycles. The van der Waals surface area contributed by atoms with Gasteiger partial charge in [-0.1, -0.05) is 29.8 Å². The van der Waals surface area contributed by atoms with E-state index in [1.807, 2.05) is 25.1 Å². The van der Waals surface area contributed by atoms with E-state index in [0.717, 1.165) is 11.3 Å². The Labute approximate surface area is 116 Å². The highest BCUT2D eigenvalue weighted by Crippen LogP contribution is 2.18. The lowest BCUT2D eigenvalue weighted by atomic mass is 10.2. The third-order valence-corrected chi connectivity index (χ3v) is 3.04. The molecule has 2 rings (SSSR count). The van der Waals surface area contributed by atoms with Gasteiger partial charge in [-0.25, -0.2) is 9.78 Å². The number of aromatic carboxylic acids is 1. The molecule has 1 aromatic heterocycles. The molecular formula is C14H13ClN2O2. The lowest BCUT2D eigenvalue weighted by Gasteiger charge is -2.10. The number of halogens is 1. The van der Waals surface area contributed by atoms with Crippen molar-refractivity contribution < 1.29 is 9.90 Å². The Hall–Kier alpha value is -2.07. The summed E-state index contributed by atoms with van der Waals surface area (Å²) in [7, 11) is 0. The van der Waals surface area contributed by atoms with Gasteiger partial charge >= 0.3 is 5.97 Å². The second-order valence-corrected chi connectivity index (χ2v) is 4.51. The van der Waals surface area contributed by atoms with E-state index >= 15 is 0 Å². The number of pyridine rings is 1. The molecule has 0 aliphatic heterocycles. The van der Waals surface area contributed by atoms with Crippen LogP contribution in [0.1, 0.15) is 21.6 Å². The van der Waals surface area contributed by atoms with Gasteiger partial charge in [0.25, 0.3) is 0 Å². The van der Waals surface area contributed by atoms with Gasteiger partial charge in [0, 0.05) is 17.3 Å². The van der Waals surface area contributed by atoms with E-state index in [1.165, 1.54) is 0 Å². The second kappa shape index (κ2) is 5.71. The van der Waals surface area contributed by atoms with Gasteiger partial charge in [0.1, 0.15) is 11.4 Å². The summed E-state index contributed by atoms with van der Waals surface area (Å²) in [5.41, 5.74) is 1.80. The second-order valence-electron chi connectivity index (χ2n) is 4.10. The first kappa shape index (κ1) is 13.4. The summed E-state index contributed by atoms with van der Waals surface area (Å²) in [5.74, 6) is -0.651. The Morgan fingerprint density at radius 3 is 2.74 bits per heavy atom. The van der Waals surface area contributed by atoms with Gasteiger partial charge in [0.05, 0.1) is 0 Å². The summed E-state index contributed by atoms with van der Waals surface area (Å²) < 4.78 is 0. The minimum absolute atomic E-state index is 0.151. The number of anilines is 1. The lowest BCUT2D eigenvalue weighted by molar-refractivity contribution is 0.0697. The largest absolute Gasteiger partial charge is 0.478 e. The fraction of sp³-hybridized carbons (Fsp3) is 0.143. The summed E-state index contributed by atoms with van der Waals surface area (Å²) >= 11 is 6.05. The van der Waals surface area contributed by atoms with Crippen molar-refractivity contribution in [1.29, 1.82) is 0 Å². The third-order valence-electron chi connectivity index (χ3n) is 2.67. The summed E-state index contributed by atoms with van der Waals surface area (Å²) in [6.07, 6.45) is 0. The van der Waals surface area contributed by atoms with Crippen LogP contribution in [-0.4, -0.2) is 16.1 Å². The molecule has 5 heteroatoms. The molecule has 0 atom stereocenters. The van der Waals surface area contributed by atoms with E-state index in [4.69, 9.17) is 16.7 Å². The van der Waals surface area contributed by atoms with Crippen LogP contribution in [0.3, 0.4) is 0 Å². The molecule has 0 saturated carbocycles. The molecule has 19 heavy (non-hydrogen) atoms. The van der Waals surface area contributed by atoms with Crippen molar-refractivity contribution in [3.05, 3.63) is 58.2 Å². The first-order chi connectivity index (χ1) is 9.08. The zero-order chi connectivity index (χ0) is 13.8. The molecule has 0 saturated heterocycles. The number of aromatic nitrogens is 1. The van der Waals surface area contributed by atoms with Crippen molar-refractivity contribution in [1.82, 2.24) is 4.98 Å². The SMILES string of the molecule is Cc1ccc(C(=O)O)c(NCc2ccccc2Cl)n1. The molecule has 0 unspecified atom stereocenters.